The van der Waals surface area contributed by atoms with Gasteiger partial charge in [0.2, 0.25) is 11.8 Å². The number of hydrogen-bond donors (Lipinski definition) is 3. The standard InChI is InChI=1S/C27H43N3O3/c1-5-25(32)28-22(15-19-11-7-6-8-12-19)24(31)18-30-17-21-14-10-9-13-20(21)16-23(30)26(33)29-27(2,3)4/h6-8,11-12,20-24,31H,5,9-10,13-18H2,1-4H3,(H,28,32)(H,29,33)/t20-,21+,22-,23?,24+/m0/s1. The van der Waals surface area contributed by atoms with Crippen LogP contribution in [0.4, 0.5) is 0 Å². The number of aliphatic hydroxyl groups excluding tert-OH is 1. The van der Waals surface area contributed by atoms with Gasteiger partial charge in [-0.05, 0) is 57.4 Å². The number of likely N-dealkylation sites (tertiary alicyclic amines) is 1. The van der Waals surface area contributed by atoms with Crippen molar-refractivity contribution in [1.82, 2.24) is 15.5 Å². The van der Waals surface area contributed by atoms with E-state index in [1.54, 1.807) is 0 Å². The van der Waals surface area contributed by atoms with E-state index >= 15 is 0 Å². The van der Waals surface area contributed by atoms with Crippen molar-refractivity contribution in [3.05, 3.63) is 35.9 Å². The number of fused-ring (bicyclic) bond motifs is 1. The van der Waals surface area contributed by atoms with Crippen LogP contribution in [-0.4, -0.2) is 58.6 Å². The molecule has 0 spiro atoms. The topological polar surface area (TPSA) is 81.7 Å². The van der Waals surface area contributed by atoms with E-state index in [2.05, 4.69) is 15.5 Å². The molecule has 5 atom stereocenters. The third-order valence-corrected chi connectivity index (χ3v) is 7.16. The highest BCUT2D eigenvalue weighted by Crippen LogP contribution is 2.38. The molecule has 6 nitrogen and oxygen atoms in total. The number of piperidine rings is 1. The summed E-state index contributed by atoms with van der Waals surface area (Å²) >= 11 is 0. The molecule has 1 aliphatic heterocycles. The highest BCUT2D eigenvalue weighted by atomic mass is 16.3. The van der Waals surface area contributed by atoms with Crippen molar-refractivity contribution in [2.24, 2.45) is 11.8 Å². The van der Waals surface area contributed by atoms with Crippen LogP contribution in [0.5, 0.6) is 0 Å². The van der Waals surface area contributed by atoms with E-state index in [-0.39, 0.29) is 23.4 Å². The van der Waals surface area contributed by atoms with E-state index in [0.717, 1.165) is 18.5 Å². The SMILES string of the molecule is CCC(=O)N[C@@H](Cc1ccccc1)[C@H](O)CN1C[C@H]2CCCC[C@H]2CC1C(=O)NC(C)(C)C. The van der Waals surface area contributed by atoms with Crippen LogP contribution >= 0.6 is 0 Å². The maximum atomic E-state index is 13.3. The summed E-state index contributed by atoms with van der Waals surface area (Å²) < 4.78 is 0. The Balaban J connectivity index is 1.76. The van der Waals surface area contributed by atoms with Crippen molar-refractivity contribution < 1.29 is 14.7 Å². The first-order chi connectivity index (χ1) is 15.7. The molecule has 1 aliphatic carbocycles. The van der Waals surface area contributed by atoms with E-state index in [9.17, 15) is 14.7 Å². The zero-order chi connectivity index (χ0) is 24.0. The van der Waals surface area contributed by atoms with Crippen molar-refractivity contribution in [1.29, 1.82) is 0 Å². The van der Waals surface area contributed by atoms with Crippen LogP contribution < -0.4 is 10.6 Å². The van der Waals surface area contributed by atoms with Crippen LogP contribution in [0.1, 0.15) is 71.8 Å². The molecule has 1 aromatic carbocycles. The number of aliphatic hydroxyl groups is 1. The van der Waals surface area contributed by atoms with E-state index in [0.29, 0.717) is 31.2 Å². The molecule has 2 amide bonds. The molecule has 1 unspecified atom stereocenters. The number of β-amino-alcohol motifs (C(OH)–C–C–N with tert-alkyl or cyclic N) is 1. The summed E-state index contributed by atoms with van der Waals surface area (Å²) in [5.74, 6) is 1.16. The molecule has 2 aliphatic rings. The molecule has 0 aromatic heterocycles. The summed E-state index contributed by atoms with van der Waals surface area (Å²) in [6, 6.07) is 9.32. The Labute approximate surface area is 199 Å². The molecule has 0 radical (unpaired) electrons. The van der Waals surface area contributed by atoms with Crippen LogP contribution in [0.3, 0.4) is 0 Å². The molecule has 1 aromatic rings. The second-order valence-electron chi connectivity index (χ2n) is 11.0. The van der Waals surface area contributed by atoms with Crippen LogP contribution in [0.15, 0.2) is 30.3 Å². The highest BCUT2D eigenvalue weighted by molar-refractivity contribution is 5.82. The number of benzene rings is 1. The van der Waals surface area contributed by atoms with Gasteiger partial charge in [-0.1, -0.05) is 56.5 Å². The Kier molecular flexibility index (Phi) is 8.94. The number of nitrogens with one attached hydrogen (secondary N) is 2. The first-order valence-electron chi connectivity index (χ1n) is 12.7. The second kappa shape index (κ2) is 11.5. The average Bonchev–Trinajstić information content (AvgIpc) is 2.77. The smallest absolute Gasteiger partial charge is 0.237 e. The Morgan fingerprint density at radius 1 is 1.12 bits per heavy atom. The lowest BCUT2D eigenvalue weighted by Crippen LogP contribution is -2.60. The molecule has 33 heavy (non-hydrogen) atoms. The summed E-state index contributed by atoms with van der Waals surface area (Å²) in [5.41, 5.74) is 0.779. The largest absolute Gasteiger partial charge is 0.390 e. The fraction of sp³-hybridized carbons (Fsp3) is 0.704. The van der Waals surface area contributed by atoms with E-state index in [1.807, 2.05) is 58.0 Å². The molecule has 3 N–H and O–H groups in total. The lowest BCUT2D eigenvalue weighted by Gasteiger charge is -2.47. The third kappa shape index (κ3) is 7.54. The Morgan fingerprint density at radius 2 is 1.79 bits per heavy atom. The number of nitrogens with zero attached hydrogens (tertiary/aromatic N) is 1. The lowest BCUT2D eigenvalue weighted by atomic mass is 9.72. The molecule has 1 saturated carbocycles. The predicted molar refractivity (Wildman–Crippen MR) is 132 cm³/mol. The molecular formula is C27H43N3O3. The van der Waals surface area contributed by atoms with Gasteiger partial charge in [-0.25, -0.2) is 0 Å². The van der Waals surface area contributed by atoms with Gasteiger partial charge in [0.1, 0.15) is 0 Å². The van der Waals surface area contributed by atoms with Crippen molar-refractivity contribution in [3.63, 3.8) is 0 Å². The van der Waals surface area contributed by atoms with Crippen LogP contribution in [0, 0.1) is 11.8 Å². The maximum Gasteiger partial charge on any atom is 0.237 e. The van der Waals surface area contributed by atoms with Crippen molar-refractivity contribution in [2.45, 2.75) is 96.4 Å². The Morgan fingerprint density at radius 3 is 2.42 bits per heavy atom. The molecular weight excluding hydrogens is 414 g/mol. The highest BCUT2D eigenvalue weighted by Gasteiger charge is 2.41. The molecule has 2 fully saturated rings. The van der Waals surface area contributed by atoms with Crippen LogP contribution in [-0.2, 0) is 16.0 Å². The van der Waals surface area contributed by atoms with Gasteiger partial charge in [0.15, 0.2) is 0 Å². The predicted octanol–water partition coefficient (Wildman–Crippen LogP) is 3.28. The van der Waals surface area contributed by atoms with Gasteiger partial charge >= 0.3 is 0 Å². The van der Waals surface area contributed by atoms with Crippen molar-refractivity contribution >= 4 is 11.8 Å². The van der Waals surface area contributed by atoms with Gasteiger partial charge in [0.05, 0.1) is 18.2 Å². The first-order valence-corrected chi connectivity index (χ1v) is 12.7. The normalized spacial score (nSPS) is 25.5. The summed E-state index contributed by atoms with van der Waals surface area (Å²) in [6.07, 6.45) is 5.93. The Bertz CT molecular complexity index is 777. The minimum Gasteiger partial charge on any atom is -0.390 e. The number of hydrogen-bond acceptors (Lipinski definition) is 4. The third-order valence-electron chi connectivity index (χ3n) is 7.16. The average molecular weight is 458 g/mol. The monoisotopic (exact) mass is 457 g/mol. The maximum absolute atomic E-state index is 13.3. The number of carbonyl (C=O) groups is 2. The second-order valence-corrected chi connectivity index (χ2v) is 11.0. The molecule has 6 heteroatoms. The van der Waals surface area contributed by atoms with Crippen LogP contribution in [0.2, 0.25) is 0 Å². The van der Waals surface area contributed by atoms with Gasteiger partial charge in [0.25, 0.3) is 0 Å². The van der Waals surface area contributed by atoms with E-state index < -0.39 is 12.1 Å². The van der Waals surface area contributed by atoms with Crippen LogP contribution in [0.25, 0.3) is 0 Å². The molecule has 184 valence electrons. The zero-order valence-corrected chi connectivity index (χ0v) is 20.8. The van der Waals surface area contributed by atoms with Gasteiger partial charge in [-0.2, -0.15) is 0 Å². The van der Waals surface area contributed by atoms with Gasteiger partial charge in [0, 0.05) is 25.0 Å². The summed E-state index contributed by atoms with van der Waals surface area (Å²) in [4.78, 5) is 27.7. The fourth-order valence-electron chi connectivity index (χ4n) is 5.45. The van der Waals surface area contributed by atoms with Gasteiger partial charge < -0.3 is 15.7 Å². The minimum absolute atomic E-state index is 0.0518. The number of carbonyl (C=O) groups excluding carboxylic acids is 2. The van der Waals surface area contributed by atoms with E-state index in [4.69, 9.17) is 0 Å². The van der Waals surface area contributed by atoms with E-state index in [1.165, 1.54) is 25.7 Å². The minimum atomic E-state index is -0.759. The Hall–Kier alpha value is -1.92. The quantitative estimate of drug-likeness (QED) is 0.560. The molecule has 1 heterocycles. The number of rotatable bonds is 8. The van der Waals surface area contributed by atoms with Gasteiger partial charge in [-0.15, -0.1) is 0 Å². The zero-order valence-electron chi connectivity index (χ0n) is 20.8. The van der Waals surface area contributed by atoms with Gasteiger partial charge in [-0.3, -0.25) is 14.5 Å². The fourth-order valence-corrected chi connectivity index (χ4v) is 5.45. The summed E-state index contributed by atoms with van der Waals surface area (Å²) in [6.45, 7) is 9.06. The number of amides is 2. The lowest BCUT2D eigenvalue weighted by molar-refractivity contribution is -0.133. The molecule has 0 bridgehead atoms. The molecule has 3 rings (SSSR count). The first kappa shape index (κ1) is 25.7. The summed E-state index contributed by atoms with van der Waals surface area (Å²) in [5, 5.41) is 17.5. The summed E-state index contributed by atoms with van der Waals surface area (Å²) in [7, 11) is 0. The molecule has 1 saturated heterocycles. The van der Waals surface area contributed by atoms with Crippen molar-refractivity contribution in [3.8, 4) is 0 Å². The van der Waals surface area contributed by atoms with Crippen molar-refractivity contribution in [2.75, 3.05) is 13.1 Å².